The highest BCUT2D eigenvalue weighted by atomic mass is 16.6. The third-order valence-electron chi connectivity index (χ3n) is 2.05. The summed E-state index contributed by atoms with van der Waals surface area (Å²) in [4.78, 5) is 11.5. The number of rotatable bonds is 3. The van der Waals surface area contributed by atoms with Gasteiger partial charge in [0.2, 0.25) is 0 Å². The lowest BCUT2D eigenvalue weighted by molar-refractivity contribution is 0.130. The number of hydrogen-bond acceptors (Lipinski definition) is 4. The van der Waals surface area contributed by atoms with E-state index < -0.39 is 6.09 Å². The molecule has 0 aliphatic carbocycles. The topological polar surface area (TPSA) is 70.9 Å². The summed E-state index contributed by atoms with van der Waals surface area (Å²) in [5, 5.41) is 14.5. The zero-order chi connectivity index (χ0) is 12.8. The highest BCUT2D eigenvalue weighted by Gasteiger charge is 2.10. The maximum Gasteiger partial charge on any atom is 0.411 e. The molecule has 0 aliphatic heterocycles. The molecule has 1 aromatic rings. The smallest absolute Gasteiger partial charge is 0.411 e. The molecule has 1 aromatic carbocycles. The summed E-state index contributed by atoms with van der Waals surface area (Å²) in [7, 11) is 0. The molecule has 0 heterocycles. The minimum absolute atomic E-state index is 0.185. The number of nitrogens with one attached hydrogen (secondary N) is 1. The van der Waals surface area contributed by atoms with Gasteiger partial charge in [0.05, 0.1) is 17.5 Å². The van der Waals surface area contributed by atoms with Crippen LogP contribution in [-0.4, -0.2) is 23.1 Å². The average molecular weight is 236 g/mol. The number of carbonyl (C=O) groups excluding carboxylic acids is 1. The summed E-state index contributed by atoms with van der Waals surface area (Å²) < 4.78 is 4.97. The fraction of sp³-hybridized carbons (Fsp3) is 0.333. The molecule has 0 radical (unpaired) electrons. The van der Waals surface area contributed by atoms with Crippen molar-refractivity contribution < 1.29 is 14.7 Å². The van der Waals surface area contributed by atoms with Gasteiger partial charge in [0.25, 0.3) is 0 Å². The Balaban J connectivity index is 2.88. The highest BCUT2D eigenvalue weighted by Crippen LogP contribution is 2.16. The summed E-state index contributed by atoms with van der Waals surface area (Å²) in [5.74, 6) is 0. The SMILES string of the molecule is CC(=NO)c1ccccc1NC(=O)OC(C)C. The summed E-state index contributed by atoms with van der Waals surface area (Å²) in [6.07, 6.45) is -0.715. The minimum Gasteiger partial charge on any atom is -0.447 e. The number of anilines is 1. The van der Waals surface area contributed by atoms with E-state index in [1.807, 2.05) is 0 Å². The van der Waals surface area contributed by atoms with Crippen LogP contribution in [0.15, 0.2) is 29.4 Å². The van der Waals surface area contributed by atoms with Gasteiger partial charge in [0.1, 0.15) is 0 Å². The van der Waals surface area contributed by atoms with E-state index in [0.717, 1.165) is 0 Å². The molecule has 5 heteroatoms. The minimum atomic E-state index is -0.529. The van der Waals surface area contributed by atoms with Crippen molar-refractivity contribution in [3.63, 3.8) is 0 Å². The van der Waals surface area contributed by atoms with E-state index in [1.54, 1.807) is 45.0 Å². The Morgan fingerprint density at radius 3 is 2.65 bits per heavy atom. The van der Waals surface area contributed by atoms with E-state index in [1.165, 1.54) is 0 Å². The molecule has 0 bridgehead atoms. The Bertz CT molecular complexity index is 428. The number of amides is 1. The first-order valence-corrected chi connectivity index (χ1v) is 5.30. The predicted octanol–water partition coefficient (Wildman–Crippen LogP) is 2.84. The quantitative estimate of drug-likeness (QED) is 0.481. The van der Waals surface area contributed by atoms with Gasteiger partial charge in [0.15, 0.2) is 0 Å². The standard InChI is InChI=1S/C12H16N2O3/c1-8(2)17-12(15)13-11-7-5-4-6-10(11)9(3)14-16/h4-8,16H,1-3H3,(H,13,15). The lowest BCUT2D eigenvalue weighted by Gasteiger charge is -2.12. The molecule has 0 fully saturated rings. The molecule has 1 amide bonds. The second-order valence-corrected chi connectivity index (χ2v) is 3.81. The molecule has 2 N–H and O–H groups in total. The first kappa shape index (κ1) is 13.0. The van der Waals surface area contributed by atoms with Crippen LogP contribution in [0, 0.1) is 0 Å². The number of hydrogen-bond donors (Lipinski definition) is 2. The van der Waals surface area contributed by atoms with Crippen molar-refractivity contribution in [2.24, 2.45) is 5.16 Å². The molecular weight excluding hydrogens is 220 g/mol. The third-order valence-corrected chi connectivity index (χ3v) is 2.05. The molecule has 5 nitrogen and oxygen atoms in total. The molecule has 0 spiro atoms. The van der Waals surface area contributed by atoms with Crippen molar-refractivity contribution in [3.05, 3.63) is 29.8 Å². The molecule has 0 aromatic heterocycles. The molecular formula is C12H16N2O3. The van der Waals surface area contributed by atoms with Crippen LogP contribution in [0.1, 0.15) is 26.3 Å². The van der Waals surface area contributed by atoms with Crippen molar-refractivity contribution in [2.75, 3.05) is 5.32 Å². The first-order chi connectivity index (χ1) is 8.04. The number of nitrogens with zero attached hydrogens (tertiary/aromatic N) is 1. The zero-order valence-electron chi connectivity index (χ0n) is 10.1. The van der Waals surface area contributed by atoms with Gasteiger partial charge in [-0.05, 0) is 26.8 Å². The van der Waals surface area contributed by atoms with E-state index in [9.17, 15) is 4.79 Å². The van der Waals surface area contributed by atoms with E-state index in [-0.39, 0.29) is 6.10 Å². The fourth-order valence-electron chi connectivity index (χ4n) is 1.31. The lowest BCUT2D eigenvalue weighted by atomic mass is 10.1. The van der Waals surface area contributed by atoms with Crippen molar-refractivity contribution in [1.82, 2.24) is 0 Å². The fourth-order valence-corrected chi connectivity index (χ4v) is 1.31. The van der Waals surface area contributed by atoms with Crippen molar-refractivity contribution in [2.45, 2.75) is 26.9 Å². The summed E-state index contributed by atoms with van der Waals surface area (Å²) >= 11 is 0. The number of oxime groups is 1. The van der Waals surface area contributed by atoms with E-state index in [2.05, 4.69) is 10.5 Å². The number of para-hydroxylation sites is 1. The molecule has 17 heavy (non-hydrogen) atoms. The Morgan fingerprint density at radius 1 is 1.41 bits per heavy atom. The van der Waals surface area contributed by atoms with Crippen molar-refractivity contribution in [3.8, 4) is 0 Å². The van der Waals surface area contributed by atoms with Gasteiger partial charge < -0.3 is 9.94 Å². The average Bonchev–Trinajstić information content (AvgIpc) is 2.27. The number of benzene rings is 1. The Labute approximate surface area is 100 Å². The molecule has 1 rings (SSSR count). The van der Waals surface area contributed by atoms with Gasteiger partial charge in [-0.3, -0.25) is 5.32 Å². The molecule has 0 saturated carbocycles. The van der Waals surface area contributed by atoms with Crippen LogP contribution in [-0.2, 0) is 4.74 Å². The second kappa shape index (κ2) is 5.89. The van der Waals surface area contributed by atoms with E-state index in [0.29, 0.717) is 17.0 Å². The Hall–Kier alpha value is -2.04. The van der Waals surface area contributed by atoms with E-state index >= 15 is 0 Å². The van der Waals surface area contributed by atoms with Gasteiger partial charge in [-0.1, -0.05) is 23.4 Å². The first-order valence-electron chi connectivity index (χ1n) is 5.30. The van der Waals surface area contributed by atoms with Gasteiger partial charge >= 0.3 is 6.09 Å². The van der Waals surface area contributed by atoms with Crippen LogP contribution in [0.25, 0.3) is 0 Å². The zero-order valence-corrected chi connectivity index (χ0v) is 10.1. The van der Waals surface area contributed by atoms with Gasteiger partial charge in [0, 0.05) is 5.56 Å². The number of carbonyl (C=O) groups is 1. The molecule has 0 aliphatic rings. The van der Waals surface area contributed by atoms with Gasteiger partial charge in [-0.2, -0.15) is 0 Å². The molecule has 92 valence electrons. The summed E-state index contributed by atoms with van der Waals surface area (Å²) in [6, 6.07) is 7.04. The summed E-state index contributed by atoms with van der Waals surface area (Å²) in [5.41, 5.74) is 1.62. The van der Waals surface area contributed by atoms with Crippen LogP contribution in [0.5, 0.6) is 0 Å². The Kier molecular flexibility index (Phi) is 4.51. The van der Waals surface area contributed by atoms with Crippen molar-refractivity contribution in [1.29, 1.82) is 0 Å². The normalized spacial score (nSPS) is 11.4. The molecule has 0 atom stereocenters. The third kappa shape index (κ3) is 3.79. The van der Waals surface area contributed by atoms with Crippen LogP contribution in [0.2, 0.25) is 0 Å². The van der Waals surface area contributed by atoms with Gasteiger partial charge in [-0.15, -0.1) is 0 Å². The molecule has 0 unspecified atom stereocenters. The molecule has 0 saturated heterocycles. The van der Waals surface area contributed by atoms with Crippen LogP contribution in [0.4, 0.5) is 10.5 Å². The monoisotopic (exact) mass is 236 g/mol. The Morgan fingerprint density at radius 2 is 2.06 bits per heavy atom. The van der Waals surface area contributed by atoms with Crippen molar-refractivity contribution >= 4 is 17.5 Å². The number of ether oxygens (including phenoxy) is 1. The predicted molar refractivity (Wildman–Crippen MR) is 65.7 cm³/mol. The summed E-state index contributed by atoms with van der Waals surface area (Å²) in [6.45, 7) is 5.19. The van der Waals surface area contributed by atoms with Crippen LogP contribution in [0.3, 0.4) is 0 Å². The largest absolute Gasteiger partial charge is 0.447 e. The van der Waals surface area contributed by atoms with Gasteiger partial charge in [-0.25, -0.2) is 4.79 Å². The maximum absolute atomic E-state index is 11.5. The van der Waals surface area contributed by atoms with Crippen LogP contribution < -0.4 is 5.32 Å². The highest BCUT2D eigenvalue weighted by molar-refractivity contribution is 6.05. The maximum atomic E-state index is 11.5. The second-order valence-electron chi connectivity index (χ2n) is 3.81. The lowest BCUT2D eigenvalue weighted by Crippen LogP contribution is -2.19. The van der Waals surface area contributed by atoms with E-state index in [4.69, 9.17) is 9.94 Å². The van der Waals surface area contributed by atoms with Crippen LogP contribution >= 0.6 is 0 Å².